The van der Waals surface area contributed by atoms with E-state index >= 15 is 0 Å². The summed E-state index contributed by atoms with van der Waals surface area (Å²) in [7, 11) is 0. The molecular weight excluding hydrogens is 206 g/mol. The summed E-state index contributed by atoms with van der Waals surface area (Å²) in [6, 6.07) is 0.824. The fourth-order valence-corrected chi connectivity index (χ4v) is 3.73. The van der Waals surface area contributed by atoms with Crippen molar-refractivity contribution < 1.29 is 5.11 Å². The highest BCUT2D eigenvalue weighted by Gasteiger charge is 2.30. The molecule has 2 nitrogen and oxygen atoms in total. The summed E-state index contributed by atoms with van der Waals surface area (Å²) in [6.07, 6.45) is 8.99. The Morgan fingerprint density at radius 3 is 2.47 bits per heavy atom. The Bertz CT molecular complexity index is 192. The SMILES string of the molecule is CSC1CCC(N2CCC(CO)C2)CC1. The van der Waals surface area contributed by atoms with Crippen LogP contribution in [0.15, 0.2) is 0 Å². The van der Waals surface area contributed by atoms with Gasteiger partial charge in [-0.25, -0.2) is 0 Å². The normalized spacial score (nSPS) is 38.4. The second-order valence-electron chi connectivity index (χ2n) is 5.00. The van der Waals surface area contributed by atoms with Crippen molar-refractivity contribution in [3.63, 3.8) is 0 Å². The minimum absolute atomic E-state index is 0.386. The first-order valence-corrected chi connectivity index (χ1v) is 7.50. The monoisotopic (exact) mass is 229 g/mol. The minimum Gasteiger partial charge on any atom is -0.396 e. The summed E-state index contributed by atoms with van der Waals surface area (Å²) >= 11 is 2.04. The van der Waals surface area contributed by atoms with Crippen LogP contribution >= 0.6 is 11.8 Å². The highest BCUT2D eigenvalue weighted by molar-refractivity contribution is 7.99. The third kappa shape index (κ3) is 2.89. The van der Waals surface area contributed by atoms with E-state index < -0.39 is 0 Å². The lowest BCUT2D eigenvalue weighted by Crippen LogP contribution is -2.37. The zero-order chi connectivity index (χ0) is 10.7. The molecule has 0 radical (unpaired) electrons. The van der Waals surface area contributed by atoms with Crippen LogP contribution in [0, 0.1) is 5.92 Å². The van der Waals surface area contributed by atoms with Gasteiger partial charge >= 0.3 is 0 Å². The van der Waals surface area contributed by atoms with E-state index in [1.807, 2.05) is 11.8 Å². The summed E-state index contributed by atoms with van der Waals surface area (Å²) in [4.78, 5) is 2.62. The molecule has 88 valence electrons. The summed E-state index contributed by atoms with van der Waals surface area (Å²) in [5.74, 6) is 0.559. The maximum Gasteiger partial charge on any atom is 0.0471 e. The van der Waals surface area contributed by atoms with Crippen molar-refractivity contribution in [1.82, 2.24) is 4.90 Å². The molecule has 0 amide bonds. The zero-order valence-corrected chi connectivity index (χ0v) is 10.5. The van der Waals surface area contributed by atoms with Gasteiger partial charge in [-0.1, -0.05) is 0 Å². The van der Waals surface area contributed by atoms with Crippen LogP contribution in [-0.4, -0.2) is 47.3 Å². The van der Waals surface area contributed by atoms with E-state index in [4.69, 9.17) is 5.11 Å². The molecule has 1 heterocycles. The van der Waals surface area contributed by atoms with Gasteiger partial charge in [0.1, 0.15) is 0 Å². The van der Waals surface area contributed by atoms with Gasteiger partial charge in [-0.05, 0) is 50.8 Å². The molecule has 1 aliphatic heterocycles. The predicted molar refractivity (Wildman–Crippen MR) is 66.3 cm³/mol. The highest BCUT2D eigenvalue weighted by atomic mass is 32.2. The van der Waals surface area contributed by atoms with Crippen LogP contribution in [0.3, 0.4) is 0 Å². The van der Waals surface area contributed by atoms with E-state index in [9.17, 15) is 0 Å². The van der Waals surface area contributed by atoms with Crippen molar-refractivity contribution in [2.24, 2.45) is 5.92 Å². The maximum absolute atomic E-state index is 9.13. The van der Waals surface area contributed by atoms with E-state index in [2.05, 4.69) is 11.2 Å². The summed E-state index contributed by atoms with van der Waals surface area (Å²) in [5, 5.41) is 10.0. The van der Waals surface area contributed by atoms with Gasteiger partial charge in [0.25, 0.3) is 0 Å². The quantitative estimate of drug-likeness (QED) is 0.800. The van der Waals surface area contributed by atoms with Crippen molar-refractivity contribution in [3.8, 4) is 0 Å². The van der Waals surface area contributed by atoms with E-state index in [1.54, 1.807) is 0 Å². The molecule has 1 saturated heterocycles. The fourth-order valence-electron chi connectivity index (χ4n) is 2.99. The smallest absolute Gasteiger partial charge is 0.0471 e. The largest absolute Gasteiger partial charge is 0.396 e. The maximum atomic E-state index is 9.13. The second-order valence-corrected chi connectivity index (χ2v) is 6.14. The van der Waals surface area contributed by atoms with Gasteiger partial charge in [-0.3, -0.25) is 0 Å². The summed E-state index contributed by atoms with van der Waals surface area (Å²) in [5.41, 5.74) is 0. The first kappa shape index (κ1) is 11.7. The standard InChI is InChI=1S/C12H23NOS/c1-15-12-4-2-11(3-5-12)13-7-6-10(8-13)9-14/h10-12,14H,2-9H2,1H3. The molecule has 1 aliphatic carbocycles. The number of rotatable bonds is 3. The zero-order valence-electron chi connectivity index (χ0n) is 9.69. The second kappa shape index (κ2) is 5.55. The van der Waals surface area contributed by atoms with Crippen molar-refractivity contribution in [2.45, 2.75) is 43.4 Å². The molecule has 0 aromatic rings. The fraction of sp³-hybridized carbons (Fsp3) is 1.00. The molecule has 2 aliphatic rings. The molecule has 0 aromatic carbocycles. The molecule has 2 rings (SSSR count). The van der Waals surface area contributed by atoms with Crippen LogP contribution < -0.4 is 0 Å². The van der Waals surface area contributed by atoms with Gasteiger partial charge in [-0.15, -0.1) is 0 Å². The van der Waals surface area contributed by atoms with Crippen LogP contribution in [0.4, 0.5) is 0 Å². The lowest BCUT2D eigenvalue weighted by molar-refractivity contribution is 0.171. The van der Waals surface area contributed by atoms with Crippen LogP contribution in [0.25, 0.3) is 0 Å². The van der Waals surface area contributed by atoms with Gasteiger partial charge in [-0.2, -0.15) is 11.8 Å². The van der Waals surface area contributed by atoms with Crippen molar-refractivity contribution in [2.75, 3.05) is 26.0 Å². The summed E-state index contributed by atoms with van der Waals surface area (Å²) in [6.45, 7) is 2.75. The molecule has 1 N–H and O–H groups in total. The Balaban J connectivity index is 1.76. The number of likely N-dealkylation sites (tertiary alicyclic amines) is 1. The number of hydrogen-bond acceptors (Lipinski definition) is 3. The van der Waals surface area contributed by atoms with Gasteiger partial charge in [0.15, 0.2) is 0 Å². The first-order chi connectivity index (χ1) is 7.33. The van der Waals surface area contributed by atoms with Gasteiger partial charge in [0.2, 0.25) is 0 Å². The molecule has 3 heteroatoms. The Kier molecular flexibility index (Phi) is 4.35. The van der Waals surface area contributed by atoms with Crippen molar-refractivity contribution in [1.29, 1.82) is 0 Å². The number of aliphatic hydroxyl groups is 1. The van der Waals surface area contributed by atoms with E-state index in [0.29, 0.717) is 12.5 Å². The molecule has 15 heavy (non-hydrogen) atoms. The van der Waals surface area contributed by atoms with Crippen LogP contribution in [0.5, 0.6) is 0 Å². The number of nitrogens with zero attached hydrogens (tertiary/aromatic N) is 1. The third-order valence-electron chi connectivity index (χ3n) is 4.07. The highest BCUT2D eigenvalue weighted by Crippen LogP contribution is 2.31. The average molecular weight is 229 g/mol. The van der Waals surface area contributed by atoms with Crippen LogP contribution in [0.1, 0.15) is 32.1 Å². The van der Waals surface area contributed by atoms with Crippen LogP contribution in [0.2, 0.25) is 0 Å². The molecule has 0 spiro atoms. The van der Waals surface area contributed by atoms with E-state index in [1.165, 1.54) is 38.6 Å². The van der Waals surface area contributed by atoms with E-state index in [-0.39, 0.29) is 0 Å². The Morgan fingerprint density at radius 2 is 1.93 bits per heavy atom. The molecule has 1 atom stereocenters. The van der Waals surface area contributed by atoms with Crippen molar-refractivity contribution in [3.05, 3.63) is 0 Å². The molecular formula is C12H23NOS. The molecule has 1 unspecified atom stereocenters. The van der Waals surface area contributed by atoms with Crippen molar-refractivity contribution >= 4 is 11.8 Å². The Morgan fingerprint density at radius 1 is 1.20 bits per heavy atom. The summed E-state index contributed by atoms with van der Waals surface area (Å²) < 4.78 is 0. The Labute approximate surface area is 97.4 Å². The van der Waals surface area contributed by atoms with Gasteiger partial charge in [0.05, 0.1) is 0 Å². The topological polar surface area (TPSA) is 23.5 Å². The molecule has 0 aromatic heterocycles. The predicted octanol–water partition coefficient (Wildman–Crippen LogP) is 1.97. The van der Waals surface area contributed by atoms with E-state index in [0.717, 1.165) is 17.8 Å². The minimum atomic E-state index is 0.386. The molecule has 1 saturated carbocycles. The Hall–Kier alpha value is 0.270. The number of hydrogen-bond donors (Lipinski definition) is 1. The number of thioether (sulfide) groups is 1. The van der Waals surface area contributed by atoms with Crippen LogP contribution in [-0.2, 0) is 0 Å². The van der Waals surface area contributed by atoms with Gasteiger partial charge < -0.3 is 10.0 Å². The lowest BCUT2D eigenvalue weighted by Gasteiger charge is -2.34. The lowest BCUT2D eigenvalue weighted by atomic mass is 9.94. The van der Waals surface area contributed by atoms with Gasteiger partial charge in [0, 0.05) is 24.4 Å². The first-order valence-electron chi connectivity index (χ1n) is 6.21. The molecule has 0 bridgehead atoms. The molecule has 2 fully saturated rings. The third-order valence-corrected chi connectivity index (χ3v) is 5.21. The number of aliphatic hydroxyl groups excluding tert-OH is 1. The average Bonchev–Trinajstić information content (AvgIpc) is 2.78.